The van der Waals surface area contributed by atoms with Gasteiger partial charge in [-0.05, 0) is 64.4 Å². The van der Waals surface area contributed by atoms with Crippen LogP contribution in [0.2, 0.25) is 0 Å². The standard InChI is InChI=1S/C48H73N13O12/c1-6-31-42(66)55-26-40(64)58-34(16-12-22-54-48(51)52)44(68)61-36(46(71)72)25-39(63)57-33(15-10-11-21-53-47(49)50)43(67)59-32(29(4)41(65)60-35(45(69)70)19-20-38(62)56-31)18-17-27(2)23-28(3)37(73-5)24-30-13-8-7-9-14-30/h6-9,13-14,17-18,23,28-29,32-37H,10-12,15-16,19-22,24-26H2,1-5H3,(H,55,66)(H,56,62)(H,57,63)(H,58,64)(H,59,67)(H,60,65)(H,61,68)(H,69,70)(H,71,72)(H4,49,50,53)(H4,51,52,54)/b18-17+,27-23+,31-6?/t28-,29-,32-,33-,34-,35+,36+,37-/m0/s1. The summed E-state index contributed by atoms with van der Waals surface area (Å²) in [6, 6.07) is 2.24. The molecule has 0 spiro atoms. The second kappa shape index (κ2) is 32.2. The van der Waals surface area contributed by atoms with Gasteiger partial charge in [-0.1, -0.05) is 74.1 Å². The average molecular weight is 1020 g/mol. The number of carboxylic acids is 2. The lowest BCUT2D eigenvalue weighted by molar-refractivity contribution is -0.144. The Kier molecular flexibility index (Phi) is 27.0. The molecule has 1 fully saturated rings. The number of ether oxygens (including phenoxy) is 1. The molecule has 1 aliphatic rings. The van der Waals surface area contributed by atoms with Gasteiger partial charge in [0.15, 0.2) is 11.9 Å². The topological polar surface area (TPSA) is 416 Å². The number of carbonyl (C=O) groups is 9. The van der Waals surface area contributed by atoms with Crippen molar-refractivity contribution in [3.63, 3.8) is 0 Å². The van der Waals surface area contributed by atoms with E-state index in [1.165, 1.54) is 26.0 Å². The third-order valence-corrected chi connectivity index (χ3v) is 11.5. The first-order chi connectivity index (χ1) is 34.5. The van der Waals surface area contributed by atoms with E-state index in [1.54, 1.807) is 20.1 Å². The molecule has 17 N–H and O–H groups in total. The second-order valence-corrected chi connectivity index (χ2v) is 17.4. The first-order valence-electron chi connectivity index (χ1n) is 23.8. The van der Waals surface area contributed by atoms with Crippen molar-refractivity contribution in [3.05, 3.63) is 71.5 Å². The third kappa shape index (κ3) is 23.8. The number of hydrogen-bond donors (Lipinski definition) is 13. The van der Waals surface area contributed by atoms with Gasteiger partial charge in [-0.3, -0.25) is 43.5 Å². The van der Waals surface area contributed by atoms with E-state index in [2.05, 4.69) is 47.2 Å². The Hall–Kier alpha value is -7.83. The van der Waals surface area contributed by atoms with Crippen molar-refractivity contribution in [2.24, 2.45) is 44.8 Å². The van der Waals surface area contributed by atoms with Gasteiger partial charge >= 0.3 is 11.9 Å². The number of nitrogens with zero attached hydrogens (tertiary/aromatic N) is 2. The molecular formula is C48H73N13O12. The molecule has 1 aromatic rings. The number of aliphatic imine (C=N–C) groups is 2. The maximum atomic E-state index is 14.3. The van der Waals surface area contributed by atoms with Crippen LogP contribution in [0.5, 0.6) is 0 Å². The number of aliphatic carboxylic acids is 2. The number of nitrogens with two attached hydrogens (primary N) is 4. The SMILES string of the molecule is CC=C1NC(=O)CC[C@H](C(=O)O)NC(=O)[C@@H](C)[C@H](/C=C/C(C)=C/[C@H](C)[C@H](Cc2ccccc2)OC)NC(=O)[C@H](CCCCN=C(N)N)NC(=O)C[C@H](C(=O)O)NC(=O)[C@H](CCCN=C(N)N)NC(=O)CNC1=O. The van der Waals surface area contributed by atoms with Crippen molar-refractivity contribution in [1.29, 1.82) is 0 Å². The van der Waals surface area contributed by atoms with Crippen molar-refractivity contribution in [3.8, 4) is 0 Å². The molecule has 25 heteroatoms. The molecule has 7 amide bonds. The number of guanidine groups is 2. The van der Waals surface area contributed by atoms with Gasteiger partial charge in [0.1, 0.15) is 29.9 Å². The maximum Gasteiger partial charge on any atom is 0.326 e. The Morgan fingerprint density at radius 2 is 1.36 bits per heavy atom. The van der Waals surface area contributed by atoms with Crippen LogP contribution in [0.25, 0.3) is 0 Å². The minimum atomic E-state index is -1.89. The molecular weight excluding hydrogens is 951 g/mol. The minimum Gasteiger partial charge on any atom is -0.480 e. The summed E-state index contributed by atoms with van der Waals surface area (Å²) in [5.74, 6) is -11.2. The van der Waals surface area contributed by atoms with Crippen molar-refractivity contribution in [2.75, 3.05) is 26.7 Å². The first kappa shape index (κ1) is 61.3. The molecule has 0 aromatic heterocycles. The highest BCUT2D eigenvalue weighted by Gasteiger charge is 2.33. The van der Waals surface area contributed by atoms with Crippen LogP contribution < -0.4 is 60.2 Å². The molecule has 1 saturated heterocycles. The quantitative estimate of drug-likeness (QED) is 0.0260. The van der Waals surface area contributed by atoms with Crippen molar-refractivity contribution in [1.82, 2.24) is 37.2 Å². The Bertz CT molecular complexity index is 2230. The van der Waals surface area contributed by atoms with E-state index in [0.29, 0.717) is 18.4 Å². The first-order valence-corrected chi connectivity index (χ1v) is 23.8. The van der Waals surface area contributed by atoms with E-state index in [-0.39, 0.29) is 68.4 Å². The molecule has 402 valence electrons. The third-order valence-electron chi connectivity index (χ3n) is 11.5. The zero-order valence-electron chi connectivity index (χ0n) is 42.0. The summed E-state index contributed by atoms with van der Waals surface area (Å²) in [6.07, 6.45) is 5.41. The monoisotopic (exact) mass is 1020 g/mol. The van der Waals surface area contributed by atoms with Gasteiger partial charge in [0.05, 0.1) is 31.0 Å². The lowest BCUT2D eigenvalue weighted by atomic mass is 9.94. The zero-order valence-corrected chi connectivity index (χ0v) is 42.0. The number of amides is 7. The zero-order chi connectivity index (χ0) is 54.6. The fourth-order valence-electron chi connectivity index (χ4n) is 7.36. The normalized spacial score (nSPS) is 23.1. The molecule has 0 unspecified atom stereocenters. The smallest absolute Gasteiger partial charge is 0.326 e. The minimum absolute atomic E-state index is 0.00954. The van der Waals surface area contributed by atoms with E-state index in [0.717, 1.165) is 5.56 Å². The number of carboxylic acid groups (broad SMARTS) is 2. The summed E-state index contributed by atoms with van der Waals surface area (Å²) in [5, 5.41) is 37.3. The predicted octanol–water partition coefficient (Wildman–Crippen LogP) is -1.57. The molecule has 1 heterocycles. The van der Waals surface area contributed by atoms with Crippen LogP contribution in [0, 0.1) is 11.8 Å². The molecule has 0 aliphatic carbocycles. The Labute approximate surface area is 424 Å². The van der Waals surface area contributed by atoms with Crippen LogP contribution in [0.3, 0.4) is 0 Å². The van der Waals surface area contributed by atoms with Crippen LogP contribution in [0.1, 0.15) is 84.6 Å². The molecule has 0 radical (unpaired) electrons. The highest BCUT2D eigenvalue weighted by atomic mass is 16.5. The number of allylic oxidation sites excluding steroid dienone is 3. The summed E-state index contributed by atoms with van der Waals surface area (Å²) in [5.41, 5.74) is 23.2. The molecule has 73 heavy (non-hydrogen) atoms. The highest BCUT2D eigenvalue weighted by Crippen LogP contribution is 2.18. The molecule has 2 rings (SSSR count). The summed E-state index contributed by atoms with van der Waals surface area (Å²) in [7, 11) is 1.61. The molecule has 25 nitrogen and oxygen atoms in total. The summed E-state index contributed by atoms with van der Waals surface area (Å²) in [6.45, 7) is 6.04. The maximum absolute atomic E-state index is 14.3. The van der Waals surface area contributed by atoms with E-state index < -0.39 is 115 Å². The number of unbranched alkanes of at least 4 members (excludes halogenated alkanes) is 1. The van der Waals surface area contributed by atoms with Gasteiger partial charge < -0.3 is 75.1 Å². The number of methoxy groups -OCH3 is 1. The van der Waals surface area contributed by atoms with Crippen LogP contribution >= 0.6 is 0 Å². The molecule has 1 aromatic carbocycles. The van der Waals surface area contributed by atoms with Gasteiger partial charge in [0.25, 0.3) is 5.91 Å². The van der Waals surface area contributed by atoms with E-state index >= 15 is 0 Å². The highest BCUT2D eigenvalue weighted by molar-refractivity contribution is 6.00. The number of rotatable bonds is 18. The van der Waals surface area contributed by atoms with Gasteiger partial charge in [0.2, 0.25) is 35.4 Å². The number of nitrogens with one attached hydrogen (secondary N) is 7. The summed E-state index contributed by atoms with van der Waals surface area (Å²) in [4.78, 5) is 128. The van der Waals surface area contributed by atoms with E-state index in [9.17, 15) is 53.4 Å². The van der Waals surface area contributed by atoms with Crippen LogP contribution in [0.15, 0.2) is 75.9 Å². The van der Waals surface area contributed by atoms with Gasteiger partial charge in [-0.15, -0.1) is 0 Å². The van der Waals surface area contributed by atoms with Crippen LogP contribution in [-0.2, 0) is 54.3 Å². The fourth-order valence-corrected chi connectivity index (χ4v) is 7.36. The molecule has 0 saturated carbocycles. The Morgan fingerprint density at radius 3 is 1.95 bits per heavy atom. The van der Waals surface area contributed by atoms with Crippen LogP contribution in [-0.4, -0.2) is 138 Å². The summed E-state index contributed by atoms with van der Waals surface area (Å²) >= 11 is 0. The summed E-state index contributed by atoms with van der Waals surface area (Å²) < 4.78 is 5.81. The lowest BCUT2D eigenvalue weighted by Crippen LogP contribution is -2.55. The second-order valence-electron chi connectivity index (χ2n) is 17.4. The van der Waals surface area contributed by atoms with E-state index in [4.69, 9.17) is 27.7 Å². The number of hydrogen-bond acceptors (Lipinski definition) is 12. The predicted molar refractivity (Wildman–Crippen MR) is 270 cm³/mol. The van der Waals surface area contributed by atoms with Crippen molar-refractivity contribution in [2.45, 2.75) is 122 Å². The largest absolute Gasteiger partial charge is 0.480 e. The van der Waals surface area contributed by atoms with Gasteiger partial charge in [-0.25, -0.2) is 9.59 Å². The Morgan fingerprint density at radius 1 is 0.781 bits per heavy atom. The van der Waals surface area contributed by atoms with E-state index in [1.807, 2.05) is 43.3 Å². The number of benzene rings is 1. The number of carbonyl (C=O) groups excluding carboxylic acids is 7. The average Bonchev–Trinajstić information content (AvgIpc) is 3.33. The van der Waals surface area contributed by atoms with Crippen molar-refractivity contribution < 1.29 is 58.1 Å². The van der Waals surface area contributed by atoms with Gasteiger partial charge in [0, 0.05) is 32.5 Å². The molecule has 8 atom stereocenters. The molecule has 0 bridgehead atoms. The van der Waals surface area contributed by atoms with Crippen LogP contribution in [0.4, 0.5) is 0 Å². The fraction of sp³-hybridized carbons (Fsp3) is 0.521. The lowest BCUT2D eigenvalue weighted by Gasteiger charge is -2.27. The van der Waals surface area contributed by atoms with Crippen molar-refractivity contribution >= 4 is 65.2 Å². The molecule has 1 aliphatic heterocycles. The van der Waals surface area contributed by atoms with Gasteiger partial charge in [-0.2, -0.15) is 0 Å². The Balaban J connectivity index is 2.67.